The van der Waals surface area contributed by atoms with E-state index in [9.17, 15) is 4.79 Å². The van der Waals surface area contributed by atoms with Gasteiger partial charge in [-0.3, -0.25) is 4.79 Å². The summed E-state index contributed by atoms with van der Waals surface area (Å²) in [6.07, 6.45) is 0.990. The van der Waals surface area contributed by atoms with Crippen molar-refractivity contribution in [2.24, 2.45) is 0 Å². The average molecular weight is 315 g/mol. The number of nitrogens with one attached hydrogen (secondary N) is 1. The van der Waals surface area contributed by atoms with E-state index in [0.29, 0.717) is 13.1 Å². The van der Waals surface area contributed by atoms with E-state index in [1.54, 1.807) is 11.3 Å². The molecule has 2 rings (SSSR count). The van der Waals surface area contributed by atoms with E-state index in [1.165, 1.54) is 10.4 Å². The molecule has 0 radical (unpaired) electrons. The Morgan fingerprint density at radius 1 is 1.59 bits per heavy atom. The summed E-state index contributed by atoms with van der Waals surface area (Å²) in [5.74, 6) is 0.163. The highest BCUT2D eigenvalue weighted by molar-refractivity contribution is 9.11. The third-order valence-corrected chi connectivity index (χ3v) is 4.06. The Labute approximate surface area is 114 Å². The molecule has 0 saturated heterocycles. The Kier molecular flexibility index (Phi) is 4.36. The van der Waals surface area contributed by atoms with Crippen molar-refractivity contribution in [1.29, 1.82) is 0 Å². The number of carbonyl (C=O) groups excluding carboxylic acids is 1. The Balaban J connectivity index is 1.84. The molecule has 0 aliphatic carbocycles. The van der Waals surface area contributed by atoms with Gasteiger partial charge in [0.1, 0.15) is 0 Å². The van der Waals surface area contributed by atoms with Crippen LogP contribution in [0.4, 0.5) is 0 Å². The van der Waals surface area contributed by atoms with E-state index >= 15 is 0 Å². The van der Waals surface area contributed by atoms with Crippen molar-refractivity contribution in [3.63, 3.8) is 0 Å². The summed E-state index contributed by atoms with van der Waals surface area (Å²) in [5, 5.41) is 5.17. The summed E-state index contributed by atoms with van der Waals surface area (Å²) in [5.41, 5.74) is 1.31. The van der Waals surface area contributed by atoms with Gasteiger partial charge < -0.3 is 10.2 Å². The van der Waals surface area contributed by atoms with Crippen LogP contribution in [0.15, 0.2) is 22.5 Å². The second kappa shape index (κ2) is 5.80. The van der Waals surface area contributed by atoms with Crippen molar-refractivity contribution in [2.75, 3.05) is 19.6 Å². The van der Waals surface area contributed by atoms with E-state index in [1.807, 2.05) is 4.90 Å². The van der Waals surface area contributed by atoms with Gasteiger partial charge in [0.25, 0.3) is 0 Å². The van der Waals surface area contributed by atoms with Gasteiger partial charge in [-0.2, -0.15) is 0 Å². The maximum absolute atomic E-state index is 11.9. The van der Waals surface area contributed by atoms with Crippen LogP contribution < -0.4 is 5.32 Å². The van der Waals surface area contributed by atoms with E-state index in [-0.39, 0.29) is 5.91 Å². The lowest BCUT2D eigenvalue weighted by atomic mass is 10.1. The molecule has 0 fully saturated rings. The average Bonchev–Trinajstić information content (AvgIpc) is 2.75. The van der Waals surface area contributed by atoms with Gasteiger partial charge in [-0.05, 0) is 23.4 Å². The lowest BCUT2D eigenvalue weighted by Crippen LogP contribution is -2.41. The molecule has 1 aliphatic heterocycles. The number of hydrogen-bond donors (Lipinski definition) is 1. The van der Waals surface area contributed by atoms with Crippen LogP contribution in [-0.4, -0.2) is 30.4 Å². The van der Waals surface area contributed by atoms with Gasteiger partial charge in [-0.25, -0.2) is 0 Å². The second-order valence-corrected chi connectivity index (χ2v) is 6.18. The third-order valence-electron chi connectivity index (χ3n) is 2.75. The van der Waals surface area contributed by atoms with Crippen LogP contribution in [0, 0.1) is 0 Å². The molecule has 0 bridgehead atoms. The molecule has 0 aromatic carbocycles. The summed E-state index contributed by atoms with van der Waals surface area (Å²) in [6.45, 7) is 6.32. The normalized spacial score (nSPS) is 14.5. The van der Waals surface area contributed by atoms with Crippen molar-refractivity contribution in [1.82, 2.24) is 10.2 Å². The lowest BCUT2D eigenvalue weighted by Gasteiger charge is -2.27. The summed E-state index contributed by atoms with van der Waals surface area (Å²) in [7, 11) is 0. The van der Waals surface area contributed by atoms with Crippen molar-refractivity contribution in [3.05, 3.63) is 32.9 Å². The van der Waals surface area contributed by atoms with Gasteiger partial charge in [0.2, 0.25) is 5.91 Å². The topological polar surface area (TPSA) is 32.3 Å². The monoisotopic (exact) mass is 314 g/mol. The molecule has 0 spiro atoms. The number of halogens is 1. The molecule has 92 valence electrons. The highest BCUT2D eigenvalue weighted by Gasteiger charge is 2.20. The van der Waals surface area contributed by atoms with Crippen LogP contribution >= 0.6 is 27.3 Å². The molecule has 0 saturated carbocycles. The van der Waals surface area contributed by atoms with E-state index in [2.05, 4.69) is 39.3 Å². The SMILES string of the molecule is C=C(Br)CNCC(=O)N1CCc2sccc2C1. The zero-order valence-electron chi connectivity index (χ0n) is 9.54. The molecule has 1 amide bonds. The minimum Gasteiger partial charge on any atom is -0.337 e. The molecule has 2 heterocycles. The fourth-order valence-electron chi connectivity index (χ4n) is 1.88. The molecule has 5 heteroatoms. The fraction of sp³-hybridized carbons (Fsp3) is 0.417. The summed E-state index contributed by atoms with van der Waals surface area (Å²) in [4.78, 5) is 15.3. The number of fused-ring (bicyclic) bond motifs is 1. The van der Waals surface area contributed by atoms with Crippen LogP contribution in [-0.2, 0) is 17.8 Å². The van der Waals surface area contributed by atoms with Gasteiger partial charge in [-0.1, -0.05) is 22.5 Å². The van der Waals surface area contributed by atoms with E-state index in [0.717, 1.165) is 24.0 Å². The van der Waals surface area contributed by atoms with Crippen molar-refractivity contribution in [2.45, 2.75) is 13.0 Å². The van der Waals surface area contributed by atoms with Crippen LogP contribution in [0.5, 0.6) is 0 Å². The number of carbonyl (C=O) groups is 1. The van der Waals surface area contributed by atoms with E-state index in [4.69, 9.17) is 0 Å². The Hall–Kier alpha value is -0.650. The van der Waals surface area contributed by atoms with Crippen molar-refractivity contribution in [3.8, 4) is 0 Å². The van der Waals surface area contributed by atoms with Gasteiger partial charge in [-0.15, -0.1) is 11.3 Å². The van der Waals surface area contributed by atoms with Gasteiger partial charge >= 0.3 is 0 Å². The quantitative estimate of drug-likeness (QED) is 0.923. The molecule has 1 aliphatic rings. The Morgan fingerprint density at radius 3 is 3.18 bits per heavy atom. The van der Waals surface area contributed by atoms with Gasteiger partial charge in [0, 0.05) is 29.0 Å². The number of amides is 1. The van der Waals surface area contributed by atoms with Gasteiger partial charge in [0.15, 0.2) is 0 Å². The van der Waals surface area contributed by atoms with Crippen LogP contribution in [0.1, 0.15) is 10.4 Å². The number of thiophene rings is 1. The maximum atomic E-state index is 11.9. The summed E-state index contributed by atoms with van der Waals surface area (Å²) in [6, 6.07) is 2.12. The van der Waals surface area contributed by atoms with E-state index < -0.39 is 0 Å². The summed E-state index contributed by atoms with van der Waals surface area (Å²) >= 11 is 5.05. The Morgan fingerprint density at radius 2 is 2.41 bits per heavy atom. The van der Waals surface area contributed by atoms with Crippen molar-refractivity contribution >= 4 is 33.2 Å². The highest BCUT2D eigenvalue weighted by Crippen LogP contribution is 2.23. The Bertz CT molecular complexity index is 430. The molecular formula is C12H15BrN2OS. The smallest absolute Gasteiger partial charge is 0.236 e. The highest BCUT2D eigenvalue weighted by atomic mass is 79.9. The van der Waals surface area contributed by atoms with Crippen molar-refractivity contribution < 1.29 is 4.79 Å². The first-order valence-electron chi connectivity index (χ1n) is 5.54. The molecule has 3 nitrogen and oxygen atoms in total. The minimum absolute atomic E-state index is 0.163. The first-order chi connectivity index (χ1) is 8.16. The van der Waals surface area contributed by atoms with Gasteiger partial charge in [0.05, 0.1) is 6.54 Å². The third kappa shape index (κ3) is 3.40. The molecule has 17 heavy (non-hydrogen) atoms. The first kappa shape index (κ1) is 12.8. The molecule has 0 unspecified atom stereocenters. The minimum atomic E-state index is 0.163. The number of rotatable bonds is 4. The second-order valence-electron chi connectivity index (χ2n) is 4.06. The predicted molar refractivity (Wildman–Crippen MR) is 74.4 cm³/mol. The fourth-order valence-corrected chi connectivity index (χ4v) is 2.97. The molecular weight excluding hydrogens is 300 g/mol. The maximum Gasteiger partial charge on any atom is 0.236 e. The standard InChI is InChI=1S/C12H15BrN2OS/c1-9(13)6-14-7-12(16)15-4-2-11-10(8-15)3-5-17-11/h3,5,14H,1-2,4,6-8H2. The van der Waals surface area contributed by atoms with Crippen LogP contribution in [0.25, 0.3) is 0 Å². The lowest BCUT2D eigenvalue weighted by molar-refractivity contribution is -0.131. The number of hydrogen-bond acceptors (Lipinski definition) is 3. The molecule has 0 atom stereocenters. The molecule has 1 aromatic rings. The first-order valence-corrected chi connectivity index (χ1v) is 7.21. The van der Waals surface area contributed by atoms with Crippen LogP contribution in [0.3, 0.4) is 0 Å². The predicted octanol–water partition coefficient (Wildman–Crippen LogP) is 2.13. The van der Waals surface area contributed by atoms with Crippen LogP contribution in [0.2, 0.25) is 0 Å². The summed E-state index contributed by atoms with van der Waals surface area (Å²) < 4.78 is 0.865. The number of nitrogens with zero attached hydrogens (tertiary/aromatic N) is 1. The molecule has 1 N–H and O–H groups in total. The molecule has 1 aromatic heterocycles. The zero-order chi connectivity index (χ0) is 12.3. The zero-order valence-corrected chi connectivity index (χ0v) is 11.9. The largest absolute Gasteiger partial charge is 0.337 e.